The minimum atomic E-state index is -0.0884. The summed E-state index contributed by atoms with van der Waals surface area (Å²) < 4.78 is 12.0. The molecule has 190 valence electrons. The smallest absolute Gasteiger partial charge is 0.251 e. The molecule has 2 heterocycles. The first-order chi connectivity index (χ1) is 17.6. The maximum atomic E-state index is 12.9. The van der Waals surface area contributed by atoms with E-state index < -0.39 is 0 Å². The summed E-state index contributed by atoms with van der Waals surface area (Å²) >= 11 is 0. The zero-order valence-corrected chi connectivity index (χ0v) is 21.4. The first-order valence-electron chi connectivity index (χ1n) is 12.9. The van der Waals surface area contributed by atoms with Crippen molar-refractivity contribution >= 4 is 5.91 Å². The highest BCUT2D eigenvalue weighted by molar-refractivity contribution is 5.94. The topological polar surface area (TPSA) is 63.7 Å². The predicted molar refractivity (Wildman–Crippen MR) is 142 cm³/mol. The van der Waals surface area contributed by atoms with Gasteiger partial charge in [0.25, 0.3) is 5.91 Å². The lowest BCUT2D eigenvalue weighted by Gasteiger charge is -2.25. The van der Waals surface area contributed by atoms with Crippen molar-refractivity contribution in [3.05, 3.63) is 94.8 Å². The van der Waals surface area contributed by atoms with Crippen LogP contribution in [0, 0.1) is 5.92 Å². The van der Waals surface area contributed by atoms with E-state index in [1.54, 1.807) is 6.20 Å². The number of pyridine rings is 1. The van der Waals surface area contributed by atoms with Crippen LogP contribution >= 0.6 is 0 Å². The van der Waals surface area contributed by atoms with Crippen LogP contribution < -0.4 is 10.1 Å². The Morgan fingerprint density at radius 3 is 2.75 bits per heavy atom. The molecule has 1 amide bonds. The van der Waals surface area contributed by atoms with Gasteiger partial charge < -0.3 is 14.8 Å². The van der Waals surface area contributed by atoms with E-state index in [0.29, 0.717) is 50.7 Å². The number of hydrogen-bond acceptors (Lipinski definition) is 5. The number of carbonyl (C=O) groups excluding carboxylic acids is 1. The van der Waals surface area contributed by atoms with Crippen LogP contribution in [0.4, 0.5) is 0 Å². The third kappa shape index (κ3) is 7.90. The van der Waals surface area contributed by atoms with Gasteiger partial charge in [-0.05, 0) is 52.9 Å². The molecule has 0 saturated carbocycles. The van der Waals surface area contributed by atoms with Gasteiger partial charge in [-0.3, -0.25) is 14.7 Å². The van der Waals surface area contributed by atoms with Gasteiger partial charge in [0.05, 0.1) is 13.2 Å². The second-order valence-electron chi connectivity index (χ2n) is 9.74. The van der Waals surface area contributed by atoms with Gasteiger partial charge in [-0.1, -0.05) is 44.2 Å². The van der Waals surface area contributed by atoms with Crippen molar-refractivity contribution in [1.29, 1.82) is 0 Å². The highest BCUT2D eigenvalue weighted by Crippen LogP contribution is 2.25. The first kappa shape index (κ1) is 25.9. The average Bonchev–Trinajstić information content (AvgIpc) is 2.86. The van der Waals surface area contributed by atoms with Crippen LogP contribution in [-0.2, 0) is 24.1 Å². The summed E-state index contributed by atoms with van der Waals surface area (Å²) in [7, 11) is 0. The van der Waals surface area contributed by atoms with E-state index >= 15 is 0 Å². The summed E-state index contributed by atoms with van der Waals surface area (Å²) in [6, 6.07) is 20.2. The van der Waals surface area contributed by atoms with E-state index in [1.165, 1.54) is 11.1 Å². The van der Waals surface area contributed by atoms with Gasteiger partial charge in [0.15, 0.2) is 0 Å². The molecule has 1 N–H and O–H groups in total. The fourth-order valence-electron chi connectivity index (χ4n) is 4.53. The largest absolute Gasteiger partial charge is 0.491 e. The molecule has 1 aromatic heterocycles. The minimum Gasteiger partial charge on any atom is -0.491 e. The van der Waals surface area contributed by atoms with Gasteiger partial charge in [0.2, 0.25) is 0 Å². The van der Waals surface area contributed by atoms with E-state index in [9.17, 15) is 4.79 Å². The molecule has 0 spiro atoms. The molecule has 0 radical (unpaired) electrons. The SMILES string of the molecule is CC(C)CN1CCOCCOc2ccc(C(=O)NCCc3ccccn3)cc2Cc2cccc(c2)C1. The molecule has 0 unspecified atom stereocenters. The Kier molecular flexibility index (Phi) is 9.47. The highest BCUT2D eigenvalue weighted by Gasteiger charge is 2.14. The van der Waals surface area contributed by atoms with E-state index in [2.05, 4.69) is 53.3 Å². The summed E-state index contributed by atoms with van der Waals surface area (Å²) in [4.78, 5) is 19.7. The maximum absolute atomic E-state index is 12.9. The van der Waals surface area contributed by atoms with Gasteiger partial charge in [-0.15, -0.1) is 0 Å². The molecule has 2 bridgehead atoms. The van der Waals surface area contributed by atoms with Crippen LogP contribution in [0.2, 0.25) is 0 Å². The molecule has 2 aromatic carbocycles. The normalized spacial score (nSPS) is 15.0. The number of hydrogen-bond donors (Lipinski definition) is 1. The molecular formula is C30H37N3O3. The number of benzene rings is 2. The van der Waals surface area contributed by atoms with E-state index in [-0.39, 0.29) is 5.91 Å². The van der Waals surface area contributed by atoms with Crippen LogP contribution in [-0.4, -0.2) is 55.2 Å². The van der Waals surface area contributed by atoms with Gasteiger partial charge >= 0.3 is 0 Å². The third-order valence-electron chi connectivity index (χ3n) is 6.17. The molecule has 0 saturated heterocycles. The number of nitrogens with one attached hydrogen (secondary N) is 1. The number of carbonyl (C=O) groups is 1. The molecule has 1 aliphatic heterocycles. The van der Waals surface area contributed by atoms with Crippen LogP contribution in [0.5, 0.6) is 5.75 Å². The van der Waals surface area contributed by atoms with Gasteiger partial charge in [-0.25, -0.2) is 0 Å². The number of ether oxygens (including phenoxy) is 2. The quantitative estimate of drug-likeness (QED) is 0.554. The Balaban J connectivity index is 1.50. The van der Waals surface area contributed by atoms with Crippen molar-refractivity contribution in [3.63, 3.8) is 0 Å². The van der Waals surface area contributed by atoms with Crippen molar-refractivity contribution in [3.8, 4) is 5.75 Å². The predicted octanol–water partition coefficient (Wildman–Crippen LogP) is 4.51. The van der Waals surface area contributed by atoms with Crippen molar-refractivity contribution in [2.75, 3.05) is 39.5 Å². The number of amides is 1. The number of aromatic nitrogens is 1. The Labute approximate surface area is 214 Å². The number of nitrogens with zero attached hydrogens (tertiary/aromatic N) is 2. The van der Waals surface area contributed by atoms with Crippen molar-refractivity contribution in [2.45, 2.75) is 33.2 Å². The lowest BCUT2D eigenvalue weighted by molar-refractivity contribution is 0.0746. The summed E-state index contributed by atoms with van der Waals surface area (Å²) in [5, 5.41) is 3.02. The Hall–Kier alpha value is -3.22. The lowest BCUT2D eigenvalue weighted by Crippen LogP contribution is -2.31. The monoisotopic (exact) mass is 487 g/mol. The van der Waals surface area contributed by atoms with Gasteiger partial charge in [0, 0.05) is 56.5 Å². The third-order valence-corrected chi connectivity index (χ3v) is 6.17. The Morgan fingerprint density at radius 1 is 1.03 bits per heavy atom. The van der Waals surface area contributed by atoms with Gasteiger partial charge in [0.1, 0.15) is 12.4 Å². The Bertz CT molecular complexity index is 1120. The second kappa shape index (κ2) is 13.2. The summed E-state index contributed by atoms with van der Waals surface area (Å²) in [5.74, 6) is 1.30. The van der Waals surface area contributed by atoms with Gasteiger partial charge in [-0.2, -0.15) is 0 Å². The van der Waals surface area contributed by atoms with Crippen LogP contribution in [0.15, 0.2) is 66.9 Å². The fourth-order valence-corrected chi connectivity index (χ4v) is 4.53. The molecule has 1 aliphatic rings. The zero-order chi connectivity index (χ0) is 25.2. The van der Waals surface area contributed by atoms with E-state index in [0.717, 1.165) is 36.6 Å². The number of rotatable bonds is 6. The van der Waals surface area contributed by atoms with Crippen LogP contribution in [0.25, 0.3) is 0 Å². The highest BCUT2D eigenvalue weighted by atomic mass is 16.5. The molecular weight excluding hydrogens is 450 g/mol. The summed E-state index contributed by atoms with van der Waals surface area (Å²) in [6.07, 6.45) is 3.16. The maximum Gasteiger partial charge on any atom is 0.251 e. The van der Waals surface area contributed by atoms with Crippen LogP contribution in [0.3, 0.4) is 0 Å². The average molecular weight is 488 g/mol. The zero-order valence-electron chi connectivity index (χ0n) is 21.4. The summed E-state index contributed by atoms with van der Waals surface area (Å²) in [5.41, 5.74) is 5.10. The molecule has 3 aromatic rings. The molecule has 0 fully saturated rings. The molecule has 36 heavy (non-hydrogen) atoms. The molecule has 6 heteroatoms. The minimum absolute atomic E-state index is 0.0884. The Morgan fingerprint density at radius 2 is 1.92 bits per heavy atom. The van der Waals surface area contributed by atoms with Crippen molar-refractivity contribution in [2.24, 2.45) is 5.92 Å². The molecule has 0 aliphatic carbocycles. The number of fused-ring (bicyclic) bond motifs is 3. The fraction of sp³-hybridized carbons (Fsp3) is 0.400. The van der Waals surface area contributed by atoms with E-state index in [4.69, 9.17) is 9.47 Å². The van der Waals surface area contributed by atoms with E-state index in [1.807, 2.05) is 36.4 Å². The first-order valence-corrected chi connectivity index (χ1v) is 12.9. The standard InChI is InChI=1S/C30H37N3O3/c1-23(2)21-33-14-15-35-16-17-36-29-10-9-26(30(34)32-13-11-28-8-3-4-12-31-28)20-27(29)19-24-6-5-7-25(18-24)22-33/h3-10,12,18,20,23H,11,13-17,19,21-22H2,1-2H3,(H,32,34). The van der Waals surface area contributed by atoms with Crippen molar-refractivity contribution < 1.29 is 14.3 Å². The summed E-state index contributed by atoms with van der Waals surface area (Å²) in [6.45, 7) is 9.57. The van der Waals surface area contributed by atoms with Crippen molar-refractivity contribution in [1.82, 2.24) is 15.2 Å². The molecule has 6 nitrogen and oxygen atoms in total. The molecule has 4 rings (SSSR count). The van der Waals surface area contributed by atoms with Crippen LogP contribution in [0.1, 0.15) is 46.6 Å². The lowest BCUT2D eigenvalue weighted by atomic mass is 9.99. The second-order valence-corrected chi connectivity index (χ2v) is 9.74. The molecule has 0 atom stereocenters.